The zero-order chi connectivity index (χ0) is 15.5. The molecule has 1 heterocycles. The number of benzene rings is 1. The second-order valence-electron chi connectivity index (χ2n) is 3.98. The molecule has 0 atom stereocenters. The molecule has 0 amide bonds. The van der Waals surface area contributed by atoms with E-state index in [1.165, 1.54) is 13.2 Å². The number of halogens is 1. The Morgan fingerprint density at radius 1 is 1.33 bits per heavy atom. The lowest BCUT2D eigenvalue weighted by Crippen LogP contribution is -2.15. The Labute approximate surface area is 127 Å². The molecule has 1 aromatic carbocycles. The molecule has 0 unspecified atom stereocenters. The first kappa shape index (κ1) is 15.4. The highest BCUT2D eigenvalue weighted by Crippen LogP contribution is 2.24. The maximum absolute atomic E-state index is 12.3. The molecule has 21 heavy (non-hydrogen) atoms. The molecule has 0 saturated heterocycles. The number of aromatic nitrogens is 1. The highest BCUT2D eigenvalue weighted by atomic mass is 35.5. The van der Waals surface area contributed by atoms with E-state index in [1.807, 2.05) is 0 Å². The molecular formula is C12H13ClN4O3S. The van der Waals surface area contributed by atoms with E-state index < -0.39 is 10.0 Å². The molecule has 0 saturated carbocycles. The van der Waals surface area contributed by atoms with E-state index in [1.54, 1.807) is 24.3 Å². The van der Waals surface area contributed by atoms with Crippen LogP contribution >= 0.6 is 11.6 Å². The topological polar surface area (TPSA) is 106 Å². The first-order valence-corrected chi connectivity index (χ1v) is 7.61. The Balaban J connectivity index is 2.31. The molecule has 0 spiro atoms. The van der Waals surface area contributed by atoms with Gasteiger partial charge in [0, 0.05) is 12.3 Å². The molecule has 0 aliphatic heterocycles. The predicted octanol–water partition coefficient (Wildman–Crippen LogP) is 1.83. The number of methoxy groups -OCH3 is 1. The standard InChI is InChI=1S/C12H13ClN4O3S/c1-20-9-4-2-3-8(5-9)17-21(18,19)10-6-11(13)12(16-14)15-7-10/h2-7,17H,14H2,1H3,(H,15,16). The summed E-state index contributed by atoms with van der Waals surface area (Å²) < 4.78 is 32.0. The third kappa shape index (κ3) is 3.54. The van der Waals surface area contributed by atoms with E-state index in [2.05, 4.69) is 15.1 Å². The van der Waals surface area contributed by atoms with Gasteiger partial charge < -0.3 is 10.2 Å². The van der Waals surface area contributed by atoms with E-state index in [0.29, 0.717) is 11.4 Å². The second-order valence-corrected chi connectivity index (χ2v) is 6.07. The van der Waals surface area contributed by atoms with Crippen molar-refractivity contribution in [3.8, 4) is 5.75 Å². The van der Waals surface area contributed by atoms with Crippen LogP contribution < -0.4 is 20.7 Å². The summed E-state index contributed by atoms with van der Waals surface area (Å²) in [6.07, 6.45) is 1.16. The summed E-state index contributed by atoms with van der Waals surface area (Å²) >= 11 is 5.87. The van der Waals surface area contributed by atoms with Crippen molar-refractivity contribution in [1.82, 2.24) is 4.98 Å². The molecule has 0 fully saturated rings. The number of ether oxygens (including phenoxy) is 1. The molecule has 4 N–H and O–H groups in total. The van der Waals surface area contributed by atoms with Gasteiger partial charge in [-0.3, -0.25) is 4.72 Å². The molecule has 0 aliphatic rings. The van der Waals surface area contributed by atoms with Crippen LogP contribution in [0.2, 0.25) is 5.02 Å². The Bertz CT molecular complexity index is 752. The van der Waals surface area contributed by atoms with Gasteiger partial charge in [-0.05, 0) is 18.2 Å². The highest BCUT2D eigenvalue weighted by molar-refractivity contribution is 7.92. The van der Waals surface area contributed by atoms with E-state index in [0.717, 1.165) is 6.20 Å². The van der Waals surface area contributed by atoms with Crippen LogP contribution in [-0.2, 0) is 10.0 Å². The fourth-order valence-corrected chi connectivity index (χ4v) is 2.88. The summed E-state index contributed by atoms with van der Waals surface area (Å²) in [4.78, 5) is 3.75. The van der Waals surface area contributed by atoms with Crippen molar-refractivity contribution < 1.29 is 13.2 Å². The summed E-state index contributed by atoms with van der Waals surface area (Å²) in [5.74, 6) is 5.92. The van der Waals surface area contributed by atoms with E-state index in [9.17, 15) is 8.42 Å². The number of nitrogen functional groups attached to an aromatic ring is 1. The second kappa shape index (κ2) is 6.17. The third-order valence-electron chi connectivity index (χ3n) is 2.59. The van der Waals surface area contributed by atoms with Crippen molar-refractivity contribution in [2.24, 2.45) is 5.84 Å². The molecule has 0 aliphatic carbocycles. The van der Waals surface area contributed by atoms with E-state index in [-0.39, 0.29) is 15.7 Å². The fraction of sp³-hybridized carbons (Fsp3) is 0.0833. The maximum atomic E-state index is 12.3. The molecule has 1 aromatic heterocycles. The summed E-state index contributed by atoms with van der Waals surface area (Å²) in [5, 5.41) is 0.103. The first-order valence-electron chi connectivity index (χ1n) is 5.75. The number of hydrazine groups is 1. The van der Waals surface area contributed by atoms with Crippen molar-refractivity contribution in [1.29, 1.82) is 0 Å². The molecule has 7 nitrogen and oxygen atoms in total. The number of nitrogens with zero attached hydrogens (tertiary/aromatic N) is 1. The average Bonchev–Trinajstić information content (AvgIpc) is 2.47. The molecular weight excluding hydrogens is 316 g/mol. The highest BCUT2D eigenvalue weighted by Gasteiger charge is 2.17. The Morgan fingerprint density at radius 3 is 2.71 bits per heavy atom. The van der Waals surface area contributed by atoms with Crippen LogP contribution in [0.1, 0.15) is 0 Å². The van der Waals surface area contributed by atoms with E-state index in [4.69, 9.17) is 22.2 Å². The van der Waals surface area contributed by atoms with Gasteiger partial charge in [0.25, 0.3) is 10.0 Å². The molecule has 0 radical (unpaired) electrons. The van der Waals surface area contributed by atoms with Crippen LogP contribution in [0.15, 0.2) is 41.4 Å². The molecule has 2 rings (SSSR count). The summed E-state index contributed by atoms with van der Waals surface area (Å²) in [7, 11) is -2.31. The number of rotatable bonds is 5. The van der Waals surface area contributed by atoms with Crippen LogP contribution in [-0.4, -0.2) is 20.5 Å². The lowest BCUT2D eigenvalue weighted by molar-refractivity contribution is 0.415. The van der Waals surface area contributed by atoms with Gasteiger partial charge in [-0.15, -0.1) is 0 Å². The average molecular weight is 329 g/mol. The van der Waals surface area contributed by atoms with Crippen molar-refractivity contribution in [2.45, 2.75) is 4.90 Å². The SMILES string of the molecule is COc1cccc(NS(=O)(=O)c2cnc(NN)c(Cl)c2)c1. The minimum Gasteiger partial charge on any atom is -0.497 e. The normalized spacial score (nSPS) is 11.0. The first-order chi connectivity index (χ1) is 9.96. The summed E-state index contributed by atoms with van der Waals surface area (Å²) in [6, 6.07) is 7.79. The zero-order valence-corrected chi connectivity index (χ0v) is 12.6. The Kier molecular flexibility index (Phi) is 4.51. The lowest BCUT2D eigenvalue weighted by Gasteiger charge is -2.10. The number of sulfonamides is 1. The number of hydrogen-bond acceptors (Lipinski definition) is 6. The minimum absolute atomic E-state index is 0.0747. The zero-order valence-electron chi connectivity index (χ0n) is 11.0. The third-order valence-corrected chi connectivity index (χ3v) is 4.22. The lowest BCUT2D eigenvalue weighted by atomic mass is 10.3. The molecule has 9 heteroatoms. The fourth-order valence-electron chi connectivity index (χ4n) is 1.57. The van der Waals surface area contributed by atoms with Gasteiger partial charge in [0.05, 0.1) is 17.8 Å². The molecule has 112 valence electrons. The van der Waals surface area contributed by atoms with Gasteiger partial charge in [-0.25, -0.2) is 19.2 Å². The van der Waals surface area contributed by atoms with Crippen LogP contribution in [0.4, 0.5) is 11.5 Å². The Morgan fingerprint density at radius 2 is 2.10 bits per heavy atom. The number of anilines is 2. The van der Waals surface area contributed by atoms with Crippen LogP contribution in [0.25, 0.3) is 0 Å². The van der Waals surface area contributed by atoms with Crippen LogP contribution in [0, 0.1) is 0 Å². The molecule has 2 aromatic rings. The van der Waals surface area contributed by atoms with Gasteiger partial charge in [-0.2, -0.15) is 0 Å². The van der Waals surface area contributed by atoms with Crippen molar-refractivity contribution in [2.75, 3.05) is 17.3 Å². The number of nitrogens with one attached hydrogen (secondary N) is 2. The van der Waals surface area contributed by atoms with Crippen molar-refractivity contribution in [3.05, 3.63) is 41.6 Å². The minimum atomic E-state index is -3.81. The quantitative estimate of drug-likeness (QED) is 0.571. The number of pyridine rings is 1. The maximum Gasteiger partial charge on any atom is 0.263 e. The van der Waals surface area contributed by atoms with Gasteiger partial charge >= 0.3 is 0 Å². The predicted molar refractivity (Wildman–Crippen MR) is 80.9 cm³/mol. The van der Waals surface area contributed by atoms with Crippen molar-refractivity contribution in [3.63, 3.8) is 0 Å². The van der Waals surface area contributed by atoms with Gasteiger partial charge in [0.15, 0.2) is 5.82 Å². The summed E-state index contributed by atoms with van der Waals surface area (Å²) in [6.45, 7) is 0. The van der Waals surface area contributed by atoms with Gasteiger partial charge in [0.1, 0.15) is 10.6 Å². The summed E-state index contributed by atoms with van der Waals surface area (Å²) in [5.41, 5.74) is 2.63. The van der Waals surface area contributed by atoms with Gasteiger partial charge in [0.2, 0.25) is 0 Å². The smallest absolute Gasteiger partial charge is 0.263 e. The number of nitrogens with two attached hydrogens (primary N) is 1. The van der Waals surface area contributed by atoms with Crippen LogP contribution in [0.3, 0.4) is 0 Å². The van der Waals surface area contributed by atoms with Gasteiger partial charge in [-0.1, -0.05) is 17.7 Å². The largest absolute Gasteiger partial charge is 0.497 e. The van der Waals surface area contributed by atoms with Crippen molar-refractivity contribution >= 4 is 33.1 Å². The number of hydrogen-bond donors (Lipinski definition) is 3. The van der Waals surface area contributed by atoms with E-state index >= 15 is 0 Å². The monoisotopic (exact) mass is 328 g/mol. The Hall–Kier alpha value is -2.03. The molecule has 0 bridgehead atoms. The van der Waals surface area contributed by atoms with Crippen LogP contribution in [0.5, 0.6) is 5.75 Å².